The van der Waals surface area contributed by atoms with E-state index in [0.29, 0.717) is 6.61 Å². The van der Waals surface area contributed by atoms with Crippen molar-refractivity contribution in [3.8, 4) is 0 Å². The number of hydrogen-bond acceptors (Lipinski definition) is 6. The summed E-state index contributed by atoms with van der Waals surface area (Å²) in [5, 5.41) is 13.5. The van der Waals surface area contributed by atoms with Crippen molar-refractivity contribution in [2.45, 2.75) is 6.61 Å². The predicted octanol–water partition coefficient (Wildman–Crippen LogP) is 3.19. The number of amides is 1. The molecule has 26 heavy (non-hydrogen) atoms. The average molecular weight is 379 g/mol. The number of nitro benzene ring substituents is 1. The highest BCUT2D eigenvalue weighted by Crippen LogP contribution is 2.27. The van der Waals surface area contributed by atoms with Gasteiger partial charge < -0.3 is 14.8 Å². The van der Waals surface area contributed by atoms with Crippen molar-refractivity contribution >= 4 is 34.9 Å². The molecule has 0 aliphatic rings. The lowest BCUT2D eigenvalue weighted by molar-refractivity contribution is -0.383. The van der Waals surface area contributed by atoms with E-state index in [-0.39, 0.29) is 22.0 Å². The number of carbonyl (C=O) groups is 2. The lowest BCUT2D eigenvalue weighted by Crippen LogP contribution is -2.21. The number of methoxy groups -OCH3 is 1. The van der Waals surface area contributed by atoms with Crippen LogP contribution in [0.25, 0.3) is 0 Å². The summed E-state index contributed by atoms with van der Waals surface area (Å²) in [6.07, 6.45) is 0. The quantitative estimate of drug-likeness (QED) is 0.450. The minimum absolute atomic E-state index is 0.0764. The zero-order valence-electron chi connectivity index (χ0n) is 13.7. The molecule has 0 aliphatic heterocycles. The Morgan fingerprint density at radius 3 is 2.50 bits per heavy atom. The number of rotatable bonds is 7. The monoisotopic (exact) mass is 378 g/mol. The van der Waals surface area contributed by atoms with Gasteiger partial charge in [-0.25, -0.2) is 4.79 Å². The van der Waals surface area contributed by atoms with Gasteiger partial charge in [0.15, 0.2) is 6.61 Å². The maximum absolute atomic E-state index is 11.9. The molecule has 136 valence electrons. The summed E-state index contributed by atoms with van der Waals surface area (Å²) in [6, 6.07) is 10.3. The first kappa shape index (κ1) is 19.4. The first-order valence-corrected chi connectivity index (χ1v) is 7.77. The Bertz CT molecular complexity index is 823. The molecule has 0 atom stereocenters. The fourth-order valence-corrected chi connectivity index (χ4v) is 2.24. The molecular formula is C17H15ClN2O6. The van der Waals surface area contributed by atoms with Crippen LogP contribution < -0.4 is 5.32 Å². The molecule has 9 heteroatoms. The number of carbonyl (C=O) groups excluding carboxylic acids is 2. The molecule has 2 rings (SSSR count). The van der Waals surface area contributed by atoms with Crippen molar-refractivity contribution in [2.75, 3.05) is 19.0 Å². The summed E-state index contributed by atoms with van der Waals surface area (Å²) >= 11 is 5.78. The third-order valence-corrected chi connectivity index (χ3v) is 3.50. The van der Waals surface area contributed by atoms with E-state index in [1.54, 1.807) is 31.4 Å². The molecule has 0 saturated carbocycles. The second kappa shape index (κ2) is 8.93. The van der Waals surface area contributed by atoms with Gasteiger partial charge in [0.25, 0.3) is 11.6 Å². The van der Waals surface area contributed by atoms with Crippen molar-refractivity contribution < 1.29 is 24.0 Å². The van der Waals surface area contributed by atoms with E-state index >= 15 is 0 Å². The van der Waals surface area contributed by atoms with Gasteiger partial charge in [0.1, 0.15) is 5.69 Å². The highest BCUT2D eigenvalue weighted by atomic mass is 35.5. The van der Waals surface area contributed by atoms with Gasteiger partial charge in [0.2, 0.25) is 0 Å². The zero-order valence-corrected chi connectivity index (χ0v) is 14.5. The largest absolute Gasteiger partial charge is 0.452 e. The van der Waals surface area contributed by atoms with Crippen molar-refractivity contribution in [3.05, 3.63) is 68.7 Å². The molecular weight excluding hydrogens is 364 g/mol. The molecule has 0 radical (unpaired) electrons. The summed E-state index contributed by atoms with van der Waals surface area (Å²) in [7, 11) is 1.56. The fraction of sp³-hybridized carbons (Fsp3) is 0.176. The third-order valence-electron chi connectivity index (χ3n) is 3.26. The van der Waals surface area contributed by atoms with Gasteiger partial charge in [-0.2, -0.15) is 0 Å². The van der Waals surface area contributed by atoms with Crippen molar-refractivity contribution in [2.24, 2.45) is 0 Å². The van der Waals surface area contributed by atoms with Crippen molar-refractivity contribution in [3.63, 3.8) is 0 Å². The number of nitro groups is 1. The topological polar surface area (TPSA) is 108 Å². The predicted molar refractivity (Wildman–Crippen MR) is 94.2 cm³/mol. The number of hydrogen-bond donors (Lipinski definition) is 1. The highest BCUT2D eigenvalue weighted by molar-refractivity contribution is 6.31. The van der Waals surface area contributed by atoms with Gasteiger partial charge in [0, 0.05) is 18.2 Å². The van der Waals surface area contributed by atoms with Gasteiger partial charge in [-0.05, 0) is 29.8 Å². The first-order chi connectivity index (χ1) is 12.4. The van der Waals surface area contributed by atoms with E-state index in [1.165, 1.54) is 18.2 Å². The van der Waals surface area contributed by atoms with E-state index in [9.17, 15) is 19.7 Å². The standard InChI is InChI=1S/C17H15ClN2O6/c1-25-9-11-2-4-12(5-3-11)17(22)26-10-16(21)19-14-8-13(18)6-7-15(14)20(23)24/h2-8H,9-10H2,1H3,(H,19,21). The Labute approximate surface area is 153 Å². The molecule has 0 spiro atoms. The molecule has 1 amide bonds. The van der Waals surface area contributed by atoms with Crippen LogP contribution in [0.2, 0.25) is 5.02 Å². The van der Waals surface area contributed by atoms with E-state index < -0.39 is 23.4 Å². The van der Waals surface area contributed by atoms with E-state index in [0.717, 1.165) is 5.56 Å². The number of esters is 1. The Hall–Kier alpha value is -2.97. The zero-order chi connectivity index (χ0) is 19.1. The summed E-state index contributed by atoms with van der Waals surface area (Å²) in [5.74, 6) is -1.41. The summed E-state index contributed by atoms with van der Waals surface area (Å²) in [5.41, 5.74) is 0.761. The van der Waals surface area contributed by atoms with Crippen LogP contribution in [0.4, 0.5) is 11.4 Å². The number of halogens is 1. The number of nitrogens with zero attached hydrogens (tertiary/aromatic N) is 1. The van der Waals surface area contributed by atoms with Crippen LogP contribution in [0.15, 0.2) is 42.5 Å². The van der Waals surface area contributed by atoms with Gasteiger partial charge in [-0.1, -0.05) is 23.7 Å². The van der Waals surface area contributed by atoms with Crippen LogP contribution in [0.5, 0.6) is 0 Å². The SMILES string of the molecule is COCc1ccc(C(=O)OCC(=O)Nc2cc(Cl)ccc2[N+](=O)[O-])cc1. The van der Waals surface area contributed by atoms with Crippen LogP contribution >= 0.6 is 11.6 Å². The average Bonchev–Trinajstić information content (AvgIpc) is 2.60. The highest BCUT2D eigenvalue weighted by Gasteiger charge is 2.17. The molecule has 0 aromatic heterocycles. The number of ether oxygens (including phenoxy) is 2. The summed E-state index contributed by atoms with van der Waals surface area (Å²) < 4.78 is 9.88. The smallest absolute Gasteiger partial charge is 0.338 e. The third kappa shape index (κ3) is 5.27. The molecule has 2 aromatic rings. The molecule has 0 aliphatic carbocycles. The van der Waals surface area contributed by atoms with Crippen LogP contribution in [-0.4, -0.2) is 30.5 Å². The summed E-state index contributed by atoms with van der Waals surface area (Å²) in [4.78, 5) is 34.1. The minimum Gasteiger partial charge on any atom is -0.452 e. The molecule has 1 N–H and O–H groups in total. The second-order valence-electron chi connectivity index (χ2n) is 5.17. The fourth-order valence-electron chi connectivity index (χ4n) is 2.07. The second-order valence-corrected chi connectivity index (χ2v) is 5.61. The lowest BCUT2D eigenvalue weighted by Gasteiger charge is -2.08. The maximum atomic E-state index is 11.9. The van der Waals surface area contributed by atoms with Gasteiger partial charge in [-0.15, -0.1) is 0 Å². The van der Waals surface area contributed by atoms with Crippen LogP contribution in [0.1, 0.15) is 15.9 Å². The Morgan fingerprint density at radius 2 is 1.88 bits per heavy atom. The molecule has 0 fully saturated rings. The molecule has 0 unspecified atom stereocenters. The van der Waals surface area contributed by atoms with Crippen molar-refractivity contribution in [1.29, 1.82) is 0 Å². The van der Waals surface area contributed by atoms with Crippen LogP contribution in [0, 0.1) is 10.1 Å². The van der Waals surface area contributed by atoms with Gasteiger partial charge >= 0.3 is 5.97 Å². The number of nitrogens with one attached hydrogen (secondary N) is 1. The Morgan fingerprint density at radius 1 is 1.19 bits per heavy atom. The number of anilines is 1. The van der Waals surface area contributed by atoms with E-state index in [4.69, 9.17) is 21.1 Å². The minimum atomic E-state index is -0.722. The Balaban J connectivity index is 1.95. The van der Waals surface area contributed by atoms with Crippen LogP contribution in [-0.2, 0) is 20.9 Å². The summed E-state index contributed by atoms with van der Waals surface area (Å²) in [6.45, 7) is -0.182. The normalized spacial score (nSPS) is 10.2. The molecule has 8 nitrogen and oxygen atoms in total. The van der Waals surface area contributed by atoms with E-state index in [2.05, 4.69) is 5.32 Å². The first-order valence-electron chi connectivity index (χ1n) is 7.39. The maximum Gasteiger partial charge on any atom is 0.338 e. The Kier molecular flexibility index (Phi) is 6.65. The van der Waals surface area contributed by atoms with Crippen molar-refractivity contribution in [1.82, 2.24) is 0 Å². The van der Waals surface area contributed by atoms with Crippen LogP contribution in [0.3, 0.4) is 0 Å². The van der Waals surface area contributed by atoms with Gasteiger partial charge in [0.05, 0.1) is 17.1 Å². The molecule has 0 bridgehead atoms. The molecule has 0 saturated heterocycles. The van der Waals surface area contributed by atoms with E-state index in [1.807, 2.05) is 0 Å². The van der Waals surface area contributed by atoms with Gasteiger partial charge in [-0.3, -0.25) is 14.9 Å². The lowest BCUT2D eigenvalue weighted by atomic mass is 10.1. The number of benzene rings is 2. The molecule has 0 heterocycles. The molecule has 2 aromatic carbocycles.